The van der Waals surface area contributed by atoms with E-state index in [2.05, 4.69) is 15.3 Å². The first-order valence-corrected chi connectivity index (χ1v) is 8.18. The number of aliphatic hydroxyl groups excluding tert-OH is 1. The molecule has 0 aliphatic carbocycles. The molecule has 0 unspecified atom stereocenters. The topological polar surface area (TPSA) is 134 Å². The Hall–Kier alpha value is -2.77. The molecule has 9 nitrogen and oxygen atoms in total. The molecule has 0 aromatic heterocycles. The van der Waals surface area contributed by atoms with E-state index in [-0.39, 0.29) is 25.6 Å². The molecule has 0 spiro atoms. The molecule has 2 atom stereocenters. The molecule has 0 bridgehead atoms. The van der Waals surface area contributed by atoms with E-state index in [9.17, 15) is 9.59 Å². The van der Waals surface area contributed by atoms with Gasteiger partial charge in [-0.15, -0.1) is 0 Å². The SMILES string of the molecule is COC(=O)[C@H](Cc1ccc(OCCO)cc1)NC(=O)[C@@H](N=[N+]=[N-])C(C)C. The van der Waals surface area contributed by atoms with E-state index < -0.39 is 24.0 Å². The molecule has 0 aliphatic rings. The monoisotopic (exact) mass is 364 g/mol. The highest BCUT2D eigenvalue weighted by molar-refractivity contribution is 5.88. The summed E-state index contributed by atoms with van der Waals surface area (Å²) < 4.78 is 10.0. The highest BCUT2D eigenvalue weighted by Gasteiger charge is 2.27. The van der Waals surface area contributed by atoms with Gasteiger partial charge in [-0.1, -0.05) is 31.1 Å². The first-order valence-electron chi connectivity index (χ1n) is 8.18. The fourth-order valence-electron chi connectivity index (χ4n) is 2.26. The maximum Gasteiger partial charge on any atom is 0.328 e. The maximum atomic E-state index is 12.3. The molecule has 1 aromatic carbocycles. The minimum absolute atomic E-state index is 0.0829. The number of nitrogens with one attached hydrogen (secondary N) is 1. The smallest absolute Gasteiger partial charge is 0.328 e. The van der Waals surface area contributed by atoms with Crippen molar-refractivity contribution in [2.24, 2.45) is 11.0 Å². The third-order valence-corrected chi connectivity index (χ3v) is 3.60. The van der Waals surface area contributed by atoms with Crippen LogP contribution in [0.15, 0.2) is 29.4 Å². The summed E-state index contributed by atoms with van der Waals surface area (Å²) in [6.45, 7) is 3.60. The summed E-state index contributed by atoms with van der Waals surface area (Å²) >= 11 is 0. The molecule has 0 fully saturated rings. The van der Waals surface area contributed by atoms with Gasteiger partial charge in [-0.3, -0.25) is 4.79 Å². The molecule has 1 amide bonds. The molecule has 9 heteroatoms. The van der Waals surface area contributed by atoms with Gasteiger partial charge in [0.1, 0.15) is 24.4 Å². The summed E-state index contributed by atoms with van der Waals surface area (Å²) in [4.78, 5) is 27.0. The normalized spacial score (nSPS) is 12.7. The predicted octanol–water partition coefficient (Wildman–Crippen LogP) is 1.59. The summed E-state index contributed by atoms with van der Waals surface area (Å²) in [6, 6.07) is 5.09. The van der Waals surface area contributed by atoms with Crippen molar-refractivity contribution in [3.8, 4) is 5.75 Å². The van der Waals surface area contributed by atoms with Gasteiger partial charge in [-0.25, -0.2) is 4.79 Å². The second-order valence-corrected chi connectivity index (χ2v) is 5.90. The van der Waals surface area contributed by atoms with Crippen LogP contribution in [-0.2, 0) is 20.7 Å². The Morgan fingerprint density at radius 2 is 1.96 bits per heavy atom. The number of carbonyl (C=O) groups excluding carboxylic acids is 2. The number of aliphatic hydroxyl groups is 1. The first-order chi connectivity index (χ1) is 12.4. The Balaban J connectivity index is 2.85. The zero-order chi connectivity index (χ0) is 19.5. The van der Waals surface area contributed by atoms with Crippen molar-refractivity contribution in [1.29, 1.82) is 0 Å². The van der Waals surface area contributed by atoms with Crippen LogP contribution in [0.1, 0.15) is 19.4 Å². The van der Waals surface area contributed by atoms with Crippen LogP contribution in [0.5, 0.6) is 5.75 Å². The van der Waals surface area contributed by atoms with Crippen molar-refractivity contribution >= 4 is 11.9 Å². The summed E-state index contributed by atoms with van der Waals surface area (Å²) in [5.41, 5.74) is 9.39. The van der Waals surface area contributed by atoms with Crippen molar-refractivity contribution in [2.45, 2.75) is 32.4 Å². The first kappa shape index (κ1) is 21.3. The Kier molecular flexibility index (Phi) is 8.97. The Morgan fingerprint density at radius 3 is 2.46 bits per heavy atom. The van der Waals surface area contributed by atoms with E-state index in [1.807, 2.05) is 0 Å². The maximum absolute atomic E-state index is 12.3. The largest absolute Gasteiger partial charge is 0.491 e. The quantitative estimate of drug-likeness (QED) is 0.281. The third-order valence-electron chi connectivity index (χ3n) is 3.60. The second-order valence-electron chi connectivity index (χ2n) is 5.90. The second kappa shape index (κ2) is 11.0. The molecular weight excluding hydrogens is 340 g/mol. The average molecular weight is 364 g/mol. The molecular formula is C17H24N4O5. The number of hydrogen-bond acceptors (Lipinski definition) is 6. The summed E-state index contributed by atoms with van der Waals surface area (Å²) in [5.74, 6) is -0.754. The van der Waals surface area contributed by atoms with E-state index in [0.717, 1.165) is 5.56 Å². The van der Waals surface area contributed by atoms with Crippen molar-refractivity contribution < 1.29 is 24.2 Å². The van der Waals surface area contributed by atoms with Gasteiger partial charge in [0.15, 0.2) is 0 Å². The van der Waals surface area contributed by atoms with Crippen LogP contribution in [-0.4, -0.2) is 49.4 Å². The Bertz CT molecular complexity index is 641. The van der Waals surface area contributed by atoms with Crippen LogP contribution in [0.4, 0.5) is 0 Å². The van der Waals surface area contributed by atoms with E-state index >= 15 is 0 Å². The lowest BCUT2D eigenvalue weighted by Crippen LogP contribution is -2.47. The molecule has 0 aliphatic heterocycles. The number of nitrogens with zero attached hydrogens (tertiary/aromatic N) is 3. The average Bonchev–Trinajstić information content (AvgIpc) is 2.63. The highest BCUT2D eigenvalue weighted by atomic mass is 16.5. The van der Waals surface area contributed by atoms with E-state index in [4.69, 9.17) is 20.1 Å². The Morgan fingerprint density at radius 1 is 1.31 bits per heavy atom. The standard InChI is InChI=1S/C17H24N4O5/c1-11(2)15(20-21-18)16(23)19-14(17(24)25-3)10-12-4-6-13(7-5-12)26-9-8-22/h4-7,11,14-15,22H,8-10H2,1-3H3,(H,19,23)/t14-,15-/m0/s1. The molecule has 0 saturated heterocycles. The molecule has 26 heavy (non-hydrogen) atoms. The zero-order valence-electron chi connectivity index (χ0n) is 15.1. The van der Waals surface area contributed by atoms with Gasteiger partial charge in [0.05, 0.1) is 13.7 Å². The van der Waals surface area contributed by atoms with Crippen LogP contribution in [0.3, 0.4) is 0 Å². The van der Waals surface area contributed by atoms with Crippen LogP contribution in [0.25, 0.3) is 10.4 Å². The van der Waals surface area contributed by atoms with Gasteiger partial charge >= 0.3 is 5.97 Å². The van der Waals surface area contributed by atoms with Gasteiger partial charge in [0.25, 0.3) is 0 Å². The molecule has 0 saturated carbocycles. The minimum Gasteiger partial charge on any atom is -0.491 e. The minimum atomic E-state index is -0.915. The van der Waals surface area contributed by atoms with E-state index in [0.29, 0.717) is 5.75 Å². The summed E-state index contributed by atoms with van der Waals surface area (Å²) in [6.07, 6.45) is 0.208. The summed E-state index contributed by atoms with van der Waals surface area (Å²) in [5, 5.41) is 14.8. The number of ether oxygens (including phenoxy) is 2. The Labute approximate surface area is 151 Å². The van der Waals surface area contributed by atoms with E-state index in [1.165, 1.54) is 7.11 Å². The lowest BCUT2D eigenvalue weighted by molar-refractivity contribution is -0.145. The van der Waals surface area contributed by atoms with Crippen molar-refractivity contribution in [3.63, 3.8) is 0 Å². The molecule has 0 heterocycles. The number of methoxy groups -OCH3 is 1. The van der Waals surface area contributed by atoms with Gasteiger partial charge in [-0.05, 0) is 29.1 Å². The van der Waals surface area contributed by atoms with Gasteiger partial charge in [-0.2, -0.15) is 0 Å². The predicted molar refractivity (Wildman–Crippen MR) is 94.4 cm³/mol. The van der Waals surface area contributed by atoms with Crippen molar-refractivity contribution in [1.82, 2.24) is 5.32 Å². The van der Waals surface area contributed by atoms with Crippen LogP contribution in [0, 0.1) is 5.92 Å². The van der Waals surface area contributed by atoms with Crippen LogP contribution in [0.2, 0.25) is 0 Å². The fraction of sp³-hybridized carbons (Fsp3) is 0.529. The lowest BCUT2D eigenvalue weighted by atomic mass is 10.0. The number of amides is 1. The number of benzene rings is 1. The molecule has 2 N–H and O–H groups in total. The van der Waals surface area contributed by atoms with Gasteiger partial charge in [0.2, 0.25) is 5.91 Å². The molecule has 1 rings (SSSR count). The fourth-order valence-corrected chi connectivity index (χ4v) is 2.26. The highest BCUT2D eigenvalue weighted by Crippen LogP contribution is 2.14. The molecule has 0 radical (unpaired) electrons. The molecule has 142 valence electrons. The van der Waals surface area contributed by atoms with Crippen LogP contribution >= 0.6 is 0 Å². The lowest BCUT2D eigenvalue weighted by Gasteiger charge is -2.21. The molecule has 1 aromatic rings. The number of carbonyl (C=O) groups is 2. The van der Waals surface area contributed by atoms with Gasteiger partial charge in [0, 0.05) is 11.3 Å². The van der Waals surface area contributed by atoms with E-state index in [1.54, 1.807) is 38.1 Å². The van der Waals surface area contributed by atoms with Crippen molar-refractivity contribution in [2.75, 3.05) is 20.3 Å². The zero-order valence-corrected chi connectivity index (χ0v) is 15.1. The van der Waals surface area contributed by atoms with Crippen molar-refractivity contribution in [3.05, 3.63) is 40.3 Å². The third kappa shape index (κ3) is 6.62. The number of hydrogen-bond donors (Lipinski definition) is 2. The number of esters is 1. The number of rotatable bonds is 10. The van der Waals surface area contributed by atoms with Gasteiger partial charge < -0.3 is 19.9 Å². The number of azide groups is 1. The summed E-state index contributed by atoms with van der Waals surface area (Å²) in [7, 11) is 1.24. The van der Waals surface area contributed by atoms with Crippen LogP contribution < -0.4 is 10.1 Å².